The first-order valence-electron chi connectivity index (χ1n) is 2.79. The van der Waals surface area contributed by atoms with E-state index < -0.39 is 99.1 Å². The molecule has 0 heterocycles. The Labute approximate surface area is 148 Å². The molecule has 0 saturated carbocycles. The van der Waals surface area contributed by atoms with Crippen molar-refractivity contribution in [3.8, 4) is 0 Å². The van der Waals surface area contributed by atoms with Gasteiger partial charge in [0.1, 0.15) is 0 Å². The minimum absolute atomic E-state index is 2.51. The van der Waals surface area contributed by atoms with Crippen molar-refractivity contribution < 1.29 is 135 Å². The molecule has 0 unspecified atom stereocenters. The van der Waals surface area contributed by atoms with Crippen LogP contribution in [0.4, 0.5) is 0 Å². The van der Waals surface area contributed by atoms with E-state index in [9.17, 15) is 0 Å². The number of phosphoric acid groups is 2. The van der Waals surface area contributed by atoms with Crippen molar-refractivity contribution in [1.82, 2.24) is 0 Å². The molecule has 6 N–H and O–H groups in total. The van der Waals surface area contributed by atoms with E-state index in [0.717, 1.165) is 0 Å². The van der Waals surface area contributed by atoms with Crippen LogP contribution in [-0.2, 0) is 22.5 Å². The normalized spacial score (nSPS) is 7.47. The summed E-state index contributed by atoms with van der Waals surface area (Å²) in [4.78, 5) is 43.1. The minimum atomic E-state index is -4.64. The van der Waals surface area contributed by atoms with E-state index >= 15 is 0 Å². The molecular formula is H6O14P2U3. The van der Waals surface area contributed by atoms with Crippen molar-refractivity contribution in [2.75, 3.05) is 0 Å². The molecule has 0 aliphatic heterocycles. The third-order valence-corrected chi connectivity index (χ3v) is 0. The Morgan fingerprint density at radius 2 is 0.474 bits per heavy atom. The van der Waals surface area contributed by atoms with Crippen LogP contribution in [0.25, 0.3) is 0 Å². The molecule has 0 rings (SSSR count). The van der Waals surface area contributed by atoms with E-state index in [-0.39, 0.29) is 0 Å². The van der Waals surface area contributed by atoms with Crippen LogP contribution in [0.3, 0.4) is 0 Å². The predicted molar refractivity (Wildman–Crippen MR) is 32.6 cm³/mol. The molecule has 0 spiro atoms. The van der Waals surface area contributed by atoms with Gasteiger partial charge in [-0.25, -0.2) is 9.13 Å². The van der Waals surface area contributed by atoms with Gasteiger partial charge < -0.3 is 29.4 Å². The van der Waals surface area contributed by atoms with Crippen molar-refractivity contribution in [1.29, 1.82) is 0 Å². The van der Waals surface area contributed by atoms with Crippen LogP contribution in [0.2, 0.25) is 0 Å². The van der Waals surface area contributed by atoms with Gasteiger partial charge in [-0.3, -0.25) is 0 Å². The molecule has 0 radical (unpaired) electrons. The fourth-order valence-corrected chi connectivity index (χ4v) is 0. The van der Waals surface area contributed by atoms with E-state index in [1.807, 2.05) is 0 Å². The maximum atomic E-state index is 8.88. The summed E-state index contributed by atoms with van der Waals surface area (Å²) in [5, 5.41) is 0. The van der Waals surface area contributed by atoms with Gasteiger partial charge in [0.2, 0.25) is 0 Å². The summed E-state index contributed by atoms with van der Waals surface area (Å²) >= 11 is -7.52. The van der Waals surface area contributed by atoms with Gasteiger partial charge in [0, 0.05) is 0 Å². The Morgan fingerprint density at radius 1 is 0.474 bits per heavy atom. The van der Waals surface area contributed by atoms with Crippen LogP contribution < -0.4 is 0 Å². The zero-order chi connectivity index (χ0) is 17.1. The quantitative estimate of drug-likeness (QED) is 0.137. The molecule has 0 fully saturated rings. The Bertz CT molecular complexity index is 300. The summed E-state index contributed by atoms with van der Waals surface area (Å²) in [5.74, 6) is 0. The molecule has 0 bridgehead atoms. The Hall–Kier alpha value is 2.18. The third-order valence-electron chi connectivity index (χ3n) is 0. The summed E-state index contributed by atoms with van der Waals surface area (Å²) < 4.78 is 69.3. The van der Waals surface area contributed by atoms with Gasteiger partial charge in [0.15, 0.2) is 0 Å². The van der Waals surface area contributed by atoms with Crippen molar-refractivity contribution >= 4 is 15.6 Å². The van der Waals surface area contributed by atoms with Crippen molar-refractivity contribution in [3.05, 3.63) is 0 Å². The average Bonchev–Trinajstić information content (AvgIpc) is 1.99. The average molecular weight is 1010 g/mol. The van der Waals surface area contributed by atoms with Crippen molar-refractivity contribution in [2.45, 2.75) is 0 Å². The van der Waals surface area contributed by atoms with Crippen molar-refractivity contribution in [3.63, 3.8) is 0 Å². The zero-order valence-corrected chi connectivity index (χ0v) is 22.6. The van der Waals surface area contributed by atoms with Crippen LogP contribution in [0, 0.1) is 83.5 Å². The molecule has 0 aromatic carbocycles. The molecule has 0 aromatic rings. The Kier molecular flexibility index (Phi) is 43.6. The maximum absolute atomic E-state index is 8.88. The molecule has 19 heteroatoms. The second-order valence-electron chi connectivity index (χ2n) is 1.28. The van der Waals surface area contributed by atoms with E-state index in [4.69, 9.17) is 51.9 Å². The molecule has 0 aliphatic carbocycles. The van der Waals surface area contributed by atoms with Crippen molar-refractivity contribution in [2.24, 2.45) is 0 Å². The molecule has 14 nitrogen and oxygen atoms in total. The fraction of sp³-hybridized carbons (Fsp3) is 0. The van der Waals surface area contributed by atoms with Crippen LogP contribution in [-0.4, -0.2) is 29.4 Å². The second kappa shape index (κ2) is 25.1. The third kappa shape index (κ3) is 1410. The molecule has 0 aromatic heterocycles. The number of rotatable bonds is 0. The van der Waals surface area contributed by atoms with E-state index in [2.05, 4.69) is 0 Å². The van der Waals surface area contributed by atoms with E-state index in [1.54, 1.807) is 0 Å². The molecule has 112 valence electrons. The van der Waals surface area contributed by atoms with Gasteiger partial charge in [0.25, 0.3) is 0 Å². The van der Waals surface area contributed by atoms with E-state index in [0.29, 0.717) is 0 Å². The van der Waals surface area contributed by atoms with Crippen LogP contribution in [0.15, 0.2) is 0 Å². The predicted octanol–water partition coefficient (Wildman–Crippen LogP) is -2.57. The first-order valence-corrected chi connectivity index (χ1v) is 16.1. The summed E-state index contributed by atoms with van der Waals surface area (Å²) in [7, 11) is -9.28. The Balaban J connectivity index is -0.0000000442. The monoisotopic (exact) mass is 1010 g/mol. The molecule has 0 aliphatic rings. The van der Waals surface area contributed by atoms with Crippen LogP contribution >= 0.6 is 15.6 Å². The molecule has 0 atom stereocenters. The number of hydrogen-bond acceptors (Lipinski definition) is 8. The van der Waals surface area contributed by atoms with Gasteiger partial charge in [-0.15, -0.1) is 0 Å². The SMILES string of the molecule is O=P(O)(O)O.O=P(O)(O)O.[O]=[U]=[O].[O]=[U]=[O].[O]=[U]=[O]. The molecular weight excluding hydrogens is 1000 g/mol. The van der Waals surface area contributed by atoms with Gasteiger partial charge in [0.05, 0.1) is 0 Å². The summed E-state index contributed by atoms with van der Waals surface area (Å²) in [6.45, 7) is 0. The Morgan fingerprint density at radius 3 is 0.474 bits per heavy atom. The first kappa shape index (κ1) is 32.9. The second-order valence-corrected chi connectivity index (χ2v) is 5.41. The summed E-state index contributed by atoms with van der Waals surface area (Å²) in [6.07, 6.45) is 0. The fourth-order valence-electron chi connectivity index (χ4n) is 0. The van der Waals surface area contributed by atoms with Gasteiger partial charge in [-0.1, -0.05) is 0 Å². The molecule has 0 amide bonds. The van der Waals surface area contributed by atoms with Crippen LogP contribution in [0.1, 0.15) is 0 Å². The van der Waals surface area contributed by atoms with Gasteiger partial charge in [-0.2, -0.15) is 0 Å². The first-order chi connectivity index (χ1) is 8.24. The van der Waals surface area contributed by atoms with Crippen LogP contribution in [0.5, 0.6) is 0 Å². The summed E-state index contributed by atoms with van der Waals surface area (Å²) in [5.41, 5.74) is 0. The zero-order valence-electron chi connectivity index (χ0n) is 8.34. The van der Waals surface area contributed by atoms with Gasteiger partial charge in [-0.05, 0) is 0 Å². The van der Waals surface area contributed by atoms with Gasteiger partial charge >= 0.3 is 113 Å². The summed E-state index contributed by atoms with van der Waals surface area (Å²) in [6, 6.07) is 0. The number of hydrogen-bond donors (Lipinski definition) is 6. The molecule has 19 heavy (non-hydrogen) atoms. The topological polar surface area (TPSA) is 258 Å². The standard InChI is InChI=1S/2H3O4P.6O.3U/c2*1-5(2,3)4;;;;;;;;;/h2*(H3,1,2,3,4);;;;;;;;;. The van der Waals surface area contributed by atoms with E-state index in [1.165, 1.54) is 0 Å². The molecule has 0 saturated heterocycles.